The molecule has 6 heteroatoms. The van der Waals surface area contributed by atoms with Gasteiger partial charge in [0.15, 0.2) is 0 Å². The number of para-hydroxylation sites is 1. The summed E-state index contributed by atoms with van der Waals surface area (Å²) < 4.78 is 0.512. The first-order valence-corrected chi connectivity index (χ1v) is 6.70. The minimum Gasteiger partial charge on any atom is -0.478 e. The average molecular weight is 329 g/mol. The molecule has 1 unspecified atom stereocenters. The Kier molecular flexibility index (Phi) is 5.50. The van der Waals surface area contributed by atoms with E-state index in [4.69, 9.17) is 10.8 Å². The fourth-order valence-corrected chi connectivity index (χ4v) is 2.13. The summed E-state index contributed by atoms with van der Waals surface area (Å²) in [5.41, 5.74) is 6.03. The third-order valence-corrected chi connectivity index (χ3v) is 3.22. The van der Waals surface area contributed by atoms with Gasteiger partial charge in [0.2, 0.25) is 5.91 Å². The molecular formula is C13H17BrN2O3. The molecule has 0 aromatic heterocycles. The lowest BCUT2D eigenvalue weighted by Gasteiger charge is -2.16. The van der Waals surface area contributed by atoms with Gasteiger partial charge in [0.05, 0.1) is 17.3 Å². The predicted octanol–water partition coefficient (Wildman–Crippen LogP) is 2.46. The Balaban J connectivity index is 2.93. The summed E-state index contributed by atoms with van der Waals surface area (Å²) >= 11 is 3.23. The van der Waals surface area contributed by atoms with E-state index >= 15 is 0 Å². The van der Waals surface area contributed by atoms with Gasteiger partial charge in [0.25, 0.3) is 0 Å². The Labute approximate surface area is 120 Å². The quantitative estimate of drug-likeness (QED) is 0.774. The van der Waals surface area contributed by atoms with Gasteiger partial charge in [-0.2, -0.15) is 0 Å². The van der Waals surface area contributed by atoms with E-state index in [0.717, 1.165) is 0 Å². The van der Waals surface area contributed by atoms with Crippen LogP contribution in [0.15, 0.2) is 22.7 Å². The number of carboxylic acids is 1. The van der Waals surface area contributed by atoms with Crippen LogP contribution in [0.4, 0.5) is 5.69 Å². The Morgan fingerprint density at radius 2 is 2.05 bits per heavy atom. The number of nitrogens with two attached hydrogens (primary N) is 1. The van der Waals surface area contributed by atoms with Crippen molar-refractivity contribution in [1.29, 1.82) is 0 Å². The number of aromatic carboxylic acids is 1. The average Bonchev–Trinajstić information content (AvgIpc) is 2.30. The number of benzene rings is 1. The number of anilines is 1. The van der Waals surface area contributed by atoms with Crippen LogP contribution in [-0.4, -0.2) is 23.0 Å². The fraction of sp³-hybridized carbons (Fsp3) is 0.385. The molecule has 0 spiro atoms. The molecule has 19 heavy (non-hydrogen) atoms. The van der Waals surface area contributed by atoms with Gasteiger partial charge in [-0.15, -0.1) is 0 Å². The molecule has 0 heterocycles. The van der Waals surface area contributed by atoms with Crippen molar-refractivity contribution in [2.75, 3.05) is 5.32 Å². The van der Waals surface area contributed by atoms with E-state index in [1.165, 1.54) is 6.07 Å². The van der Waals surface area contributed by atoms with Crippen molar-refractivity contribution in [1.82, 2.24) is 0 Å². The van der Waals surface area contributed by atoms with Crippen molar-refractivity contribution in [2.24, 2.45) is 11.7 Å². The Morgan fingerprint density at radius 1 is 1.42 bits per heavy atom. The van der Waals surface area contributed by atoms with Gasteiger partial charge in [-0.25, -0.2) is 4.79 Å². The van der Waals surface area contributed by atoms with Crippen LogP contribution in [0.2, 0.25) is 0 Å². The highest BCUT2D eigenvalue weighted by atomic mass is 79.9. The molecule has 1 rings (SSSR count). The molecule has 0 fully saturated rings. The molecule has 1 amide bonds. The summed E-state index contributed by atoms with van der Waals surface area (Å²) in [6, 6.07) is 4.03. The standard InChI is InChI=1S/C13H17BrN2O3/c1-7(2)6-10(15)12(17)16-11-8(13(18)19)4-3-5-9(11)14/h3-5,7,10H,6,15H2,1-2H3,(H,16,17)(H,18,19). The summed E-state index contributed by atoms with van der Waals surface area (Å²) in [6.07, 6.45) is 0.540. The number of carbonyl (C=O) groups excluding carboxylic acids is 1. The minimum atomic E-state index is -1.10. The Bertz CT molecular complexity index is 489. The zero-order valence-electron chi connectivity index (χ0n) is 10.8. The highest BCUT2D eigenvalue weighted by Crippen LogP contribution is 2.26. The largest absolute Gasteiger partial charge is 0.478 e. The van der Waals surface area contributed by atoms with Gasteiger partial charge in [-0.05, 0) is 40.4 Å². The summed E-state index contributed by atoms with van der Waals surface area (Å²) in [5.74, 6) is -1.20. The lowest BCUT2D eigenvalue weighted by molar-refractivity contribution is -0.117. The lowest BCUT2D eigenvalue weighted by Crippen LogP contribution is -2.37. The highest BCUT2D eigenvalue weighted by molar-refractivity contribution is 9.10. The van der Waals surface area contributed by atoms with E-state index in [9.17, 15) is 9.59 Å². The van der Waals surface area contributed by atoms with Crippen molar-refractivity contribution in [3.05, 3.63) is 28.2 Å². The second-order valence-electron chi connectivity index (χ2n) is 4.69. The van der Waals surface area contributed by atoms with Gasteiger partial charge in [-0.1, -0.05) is 19.9 Å². The van der Waals surface area contributed by atoms with Crippen LogP contribution in [0.5, 0.6) is 0 Å². The highest BCUT2D eigenvalue weighted by Gasteiger charge is 2.19. The number of carbonyl (C=O) groups is 2. The molecular weight excluding hydrogens is 312 g/mol. The smallest absolute Gasteiger partial charge is 0.337 e. The third-order valence-electron chi connectivity index (χ3n) is 2.55. The maximum absolute atomic E-state index is 11.9. The number of halogens is 1. The van der Waals surface area contributed by atoms with Crippen LogP contribution in [0.3, 0.4) is 0 Å². The zero-order chi connectivity index (χ0) is 14.6. The van der Waals surface area contributed by atoms with E-state index in [1.54, 1.807) is 12.1 Å². The van der Waals surface area contributed by atoms with E-state index < -0.39 is 12.0 Å². The van der Waals surface area contributed by atoms with E-state index in [-0.39, 0.29) is 17.2 Å². The molecule has 0 bridgehead atoms. The summed E-state index contributed by atoms with van der Waals surface area (Å²) in [6.45, 7) is 3.93. The number of carboxylic acid groups (broad SMARTS) is 1. The Hall–Kier alpha value is -1.40. The first kappa shape index (κ1) is 15.7. The van der Waals surface area contributed by atoms with Crippen LogP contribution >= 0.6 is 15.9 Å². The van der Waals surface area contributed by atoms with Gasteiger partial charge < -0.3 is 16.2 Å². The maximum atomic E-state index is 11.9. The van der Waals surface area contributed by atoms with Crippen molar-refractivity contribution in [3.8, 4) is 0 Å². The van der Waals surface area contributed by atoms with Gasteiger partial charge >= 0.3 is 5.97 Å². The molecule has 0 aliphatic carbocycles. The molecule has 5 nitrogen and oxygen atoms in total. The number of rotatable bonds is 5. The monoisotopic (exact) mass is 328 g/mol. The Morgan fingerprint density at radius 3 is 2.58 bits per heavy atom. The topological polar surface area (TPSA) is 92.4 Å². The van der Waals surface area contributed by atoms with Crippen LogP contribution < -0.4 is 11.1 Å². The molecule has 1 aromatic carbocycles. The molecule has 0 saturated carbocycles. The first-order chi connectivity index (χ1) is 8.82. The molecule has 4 N–H and O–H groups in total. The van der Waals surface area contributed by atoms with E-state index in [1.807, 2.05) is 13.8 Å². The third kappa shape index (κ3) is 4.33. The fourth-order valence-electron chi connectivity index (χ4n) is 1.66. The van der Waals surface area contributed by atoms with Gasteiger partial charge in [-0.3, -0.25) is 4.79 Å². The second-order valence-corrected chi connectivity index (χ2v) is 5.55. The van der Waals surface area contributed by atoms with Crippen molar-refractivity contribution < 1.29 is 14.7 Å². The van der Waals surface area contributed by atoms with Crippen LogP contribution in [-0.2, 0) is 4.79 Å². The first-order valence-electron chi connectivity index (χ1n) is 5.91. The predicted molar refractivity (Wildman–Crippen MR) is 77.2 cm³/mol. The number of hydrogen-bond acceptors (Lipinski definition) is 3. The summed E-state index contributed by atoms with van der Waals surface area (Å²) in [4.78, 5) is 23.0. The van der Waals surface area contributed by atoms with Crippen LogP contribution in [0, 0.1) is 5.92 Å². The van der Waals surface area contributed by atoms with Gasteiger partial charge in [0.1, 0.15) is 0 Å². The van der Waals surface area contributed by atoms with Crippen LogP contribution in [0.1, 0.15) is 30.6 Å². The number of amides is 1. The zero-order valence-corrected chi connectivity index (χ0v) is 12.4. The molecule has 1 aromatic rings. The van der Waals surface area contributed by atoms with Crippen LogP contribution in [0.25, 0.3) is 0 Å². The van der Waals surface area contributed by atoms with Crippen molar-refractivity contribution in [2.45, 2.75) is 26.3 Å². The molecule has 0 aliphatic heterocycles. The summed E-state index contributed by atoms with van der Waals surface area (Å²) in [5, 5.41) is 11.7. The molecule has 0 radical (unpaired) electrons. The molecule has 0 saturated heterocycles. The lowest BCUT2D eigenvalue weighted by atomic mass is 10.0. The maximum Gasteiger partial charge on any atom is 0.337 e. The van der Waals surface area contributed by atoms with Gasteiger partial charge in [0, 0.05) is 4.47 Å². The SMILES string of the molecule is CC(C)CC(N)C(=O)Nc1c(Br)cccc1C(=O)O. The minimum absolute atomic E-state index is 0.0273. The van der Waals surface area contributed by atoms with E-state index in [2.05, 4.69) is 21.2 Å². The van der Waals surface area contributed by atoms with E-state index in [0.29, 0.717) is 16.8 Å². The molecule has 104 valence electrons. The summed E-state index contributed by atoms with van der Waals surface area (Å²) in [7, 11) is 0. The number of hydrogen-bond donors (Lipinski definition) is 3. The second kappa shape index (κ2) is 6.68. The normalized spacial score (nSPS) is 12.3. The van der Waals surface area contributed by atoms with Crippen molar-refractivity contribution >= 4 is 33.5 Å². The molecule has 1 atom stereocenters. The molecule has 0 aliphatic rings. The van der Waals surface area contributed by atoms with Crippen molar-refractivity contribution in [3.63, 3.8) is 0 Å². The number of nitrogens with one attached hydrogen (secondary N) is 1.